The Balaban J connectivity index is 2.70. The first kappa shape index (κ1) is 12.0. The Morgan fingerprint density at radius 1 is 1.47 bits per heavy atom. The van der Waals surface area contributed by atoms with Crippen molar-refractivity contribution in [2.75, 3.05) is 5.75 Å². The van der Waals surface area contributed by atoms with Crippen molar-refractivity contribution in [3.05, 3.63) is 23.5 Å². The van der Waals surface area contributed by atoms with Crippen LogP contribution in [0.1, 0.15) is 18.2 Å². The summed E-state index contributed by atoms with van der Waals surface area (Å²) in [7, 11) is -2.94. The Bertz CT molecular complexity index is 614. The Hall–Kier alpha value is -1.44. The highest BCUT2D eigenvalue weighted by Crippen LogP contribution is 2.33. The Labute approximate surface area is 95.6 Å². The van der Waals surface area contributed by atoms with Crippen LogP contribution in [0.3, 0.4) is 0 Å². The molecule has 2 heterocycles. The third-order valence-corrected chi connectivity index (χ3v) is 4.64. The summed E-state index contributed by atoms with van der Waals surface area (Å²) in [5.74, 6) is -0.258. The van der Waals surface area contributed by atoms with Crippen molar-refractivity contribution in [2.24, 2.45) is 4.36 Å². The van der Waals surface area contributed by atoms with E-state index in [4.69, 9.17) is 5.41 Å². The van der Waals surface area contributed by atoms with Crippen LogP contribution in [0.5, 0.6) is 0 Å². The summed E-state index contributed by atoms with van der Waals surface area (Å²) in [6.45, 7) is 1.55. The molecule has 8 heteroatoms. The van der Waals surface area contributed by atoms with E-state index in [2.05, 4.69) is 9.35 Å². The van der Waals surface area contributed by atoms with Crippen molar-refractivity contribution in [2.45, 2.75) is 18.0 Å². The Morgan fingerprint density at radius 3 is 2.65 bits per heavy atom. The van der Waals surface area contributed by atoms with Gasteiger partial charge in [0.1, 0.15) is 5.69 Å². The predicted molar refractivity (Wildman–Crippen MR) is 55.4 cm³/mol. The Kier molecular flexibility index (Phi) is 2.49. The Morgan fingerprint density at radius 2 is 2.12 bits per heavy atom. The van der Waals surface area contributed by atoms with E-state index in [1.165, 1.54) is 0 Å². The molecule has 1 aliphatic rings. The molecule has 1 aromatic heterocycles. The second-order valence-corrected chi connectivity index (χ2v) is 5.92. The molecule has 0 saturated heterocycles. The molecule has 17 heavy (non-hydrogen) atoms. The number of halogens is 3. The van der Waals surface area contributed by atoms with Crippen LogP contribution in [0.2, 0.25) is 0 Å². The van der Waals surface area contributed by atoms with Crippen molar-refractivity contribution in [3.63, 3.8) is 0 Å². The normalized spacial score (nSPS) is 23.4. The van der Waals surface area contributed by atoms with Crippen LogP contribution in [0.15, 0.2) is 21.5 Å². The number of hydrogen-bond acceptors (Lipinski definition) is 3. The zero-order valence-corrected chi connectivity index (χ0v) is 9.52. The second-order valence-electron chi connectivity index (χ2n) is 3.44. The molecule has 1 aliphatic heterocycles. The fourth-order valence-electron chi connectivity index (χ4n) is 1.48. The van der Waals surface area contributed by atoms with Gasteiger partial charge < -0.3 is 0 Å². The lowest BCUT2D eigenvalue weighted by Gasteiger charge is -2.08. The molecule has 0 fully saturated rings. The molecule has 2 rings (SSSR count). The number of pyridine rings is 1. The predicted octanol–water partition coefficient (Wildman–Crippen LogP) is 2.29. The molecule has 92 valence electrons. The minimum absolute atomic E-state index is 0.0233. The van der Waals surface area contributed by atoms with E-state index in [-0.39, 0.29) is 22.2 Å². The summed E-state index contributed by atoms with van der Waals surface area (Å²) in [4.78, 5) is 3.45. The van der Waals surface area contributed by atoms with Gasteiger partial charge in [0.25, 0.3) is 0 Å². The highest BCUT2D eigenvalue weighted by molar-refractivity contribution is 7.94. The molecule has 1 unspecified atom stereocenters. The topological polar surface area (TPSA) is 66.2 Å². The molecule has 1 N–H and O–H groups in total. The van der Waals surface area contributed by atoms with Gasteiger partial charge in [-0.1, -0.05) is 6.92 Å². The van der Waals surface area contributed by atoms with Crippen molar-refractivity contribution in [1.82, 2.24) is 4.98 Å². The molecule has 1 aromatic rings. The SMILES string of the molecule is CCS1(=O)=NC(=N)c2ncc(C(F)(F)F)cc21. The van der Waals surface area contributed by atoms with Gasteiger partial charge in [0, 0.05) is 11.9 Å². The number of alkyl halides is 3. The van der Waals surface area contributed by atoms with Crippen LogP contribution in [-0.4, -0.2) is 20.8 Å². The summed E-state index contributed by atoms with van der Waals surface area (Å²) in [5.41, 5.74) is -0.993. The van der Waals surface area contributed by atoms with Crippen molar-refractivity contribution < 1.29 is 17.4 Å². The third-order valence-electron chi connectivity index (χ3n) is 2.38. The minimum Gasteiger partial charge on any atom is -0.280 e. The smallest absolute Gasteiger partial charge is 0.280 e. The summed E-state index contributed by atoms with van der Waals surface area (Å²) in [6.07, 6.45) is -3.91. The number of rotatable bonds is 1. The van der Waals surface area contributed by atoms with Crippen LogP contribution in [-0.2, 0) is 15.9 Å². The molecule has 0 aliphatic carbocycles. The zero-order valence-electron chi connectivity index (χ0n) is 8.71. The standard InChI is InChI=1S/C9H8F3N3OS/c1-2-17(16)6-3-5(9(10,11)12)4-14-7(6)8(13)15-17/h3-4,13H,2H2,1H3. The molecule has 0 bridgehead atoms. The first-order valence-electron chi connectivity index (χ1n) is 4.69. The lowest BCUT2D eigenvalue weighted by molar-refractivity contribution is -0.138. The lowest BCUT2D eigenvalue weighted by Crippen LogP contribution is -2.10. The maximum absolute atomic E-state index is 12.5. The molecule has 1 atom stereocenters. The van der Waals surface area contributed by atoms with Gasteiger partial charge >= 0.3 is 6.18 Å². The van der Waals surface area contributed by atoms with Crippen LogP contribution in [0.4, 0.5) is 13.2 Å². The average molecular weight is 263 g/mol. The van der Waals surface area contributed by atoms with E-state index in [9.17, 15) is 17.4 Å². The molecular weight excluding hydrogens is 255 g/mol. The summed E-state index contributed by atoms with van der Waals surface area (Å²) >= 11 is 0. The van der Waals surface area contributed by atoms with Crippen molar-refractivity contribution in [1.29, 1.82) is 5.41 Å². The number of nitrogens with one attached hydrogen (secondary N) is 1. The van der Waals surface area contributed by atoms with E-state index in [0.29, 0.717) is 6.20 Å². The second kappa shape index (κ2) is 3.52. The molecular formula is C9H8F3N3OS. The van der Waals surface area contributed by atoms with E-state index in [1.54, 1.807) is 6.92 Å². The van der Waals surface area contributed by atoms with Gasteiger partial charge in [-0.3, -0.25) is 10.4 Å². The van der Waals surface area contributed by atoms with Gasteiger partial charge in [0.15, 0.2) is 5.84 Å². The van der Waals surface area contributed by atoms with E-state index >= 15 is 0 Å². The number of aromatic nitrogens is 1. The van der Waals surface area contributed by atoms with Crippen molar-refractivity contribution in [3.8, 4) is 0 Å². The molecule has 0 radical (unpaired) electrons. The number of amidine groups is 1. The fraction of sp³-hybridized carbons (Fsp3) is 0.333. The lowest BCUT2D eigenvalue weighted by atomic mass is 10.2. The molecule has 0 aromatic carbocycles. The van der Waals surface area contributed by atoms with Crippen LogP contribution in [0.25, 0.3) is 0 Å². The number of fused-ring (bicyclic) bond motifs is 1. The summed E-state index contributed by atoms with van der Waals surface area (Å²) < 4.78 is 53.2. The first-order chi connectivity index (χ1) is 7.78. The highest BCUT2D eigenvalue weighted by atomic mass is 32.2. The van der Waals surface area contributed by atoms with E-state index in [0.717, 1.165) is 6.07 Å². The van der Waals surface area contributed by atoms with Gasteiger partial charge in [-0.2, -0.15) is 17.5 Å². The molecule has 0 amide bonds. The summed E-state index contributed by atoms with van der Waals surface area (Å²) in [5, 5.41) is 7.43. The van der Waals surface area contributed by atoms with Gasteiger partial charge in [0.2, 0.25) is 0 Å². The number of nitrogens with zero attached hydrogens (tertiary/aromatic N) is 2. The number of hydrogen-bond donors (Lipinski definition) is 1. The monoisotopic (exact) mass is 263 g/mol. The maximum Gasteiger partial charge on any atom is 0.417 e. The molecule has 4 nitrogen and oxygen atoms in total. The zero-order chi connectivity index (χ0) is 12.8. The van der Waals surface area contributed by atoms with Gasteiger partial charge in [-0.15, -0.1) is 0 Å². The first-order valence-corrected chi connectivity index (χ1v) is 6.37. The quantitative estimate of drug-likeness (QED) is 0.844. The minimum atomic E-state index is -4.54. The summed E-state index contributed by atoms with van der Waals surface area (Å²) in [6, 6.07) is 0.777. The fourth-order valence-corrected chi connectivity index (χ4v) is 3.16. The van der Waals surface area contributed by atoms with Gasteiger partial charge in [-0.05, 0) is 6.07 Å². The largest absolute Gasteiger partial charge is 0.417 e. The molecule has 0 spiro atoms. The van der Waals surface area contributed by atoms with E-state index < -0.39 is 21.5 Å². The molecule has 0 saturated carbocycles. The van der Waals surface area contributed by atoms with E-state index in [1.807, 2.05) is 0 Å². The van der Waals surface area contributed by atoms with Gasteiger partial charge in [-0.25, -0.2) is 4.21 Å². The van der Waals surface area contributed by atoms with Crippen LogP contribution < -0.4 is 0 Å². The van der Waals surface area contributed by atoms with Gasteiger partial charge in [0.05, 0.1) is 20.2 Å². The van der Waals surface area contributed by atoms with Crippen LogP contribution in [0, 0.1) is 5.41 Å². The average Bonchev–Trinajstić information content (AvgIpc) is 2.51. The van der Waals surface area contributed by atoms with Crippen molar-refractivity contribution >= 4 is 15.6 Å². The highest BCUT2D eigenvalue weighted by Gasteiger charge is 2.35. The third kappa shape index (κ3) is 1.82. The van der Waals surface area contributed by atoms with Crippen LogP contribution >= 0.6 is 0 Å². The maximum atomic E-state index is 12.5.